The third kappa shape index (κ3) is 3.84. The average molecular weight is 296 g/mol. The lowest BCUT2D eigenvalue weighted by atomic mass is 10.3. The van der Waals surface area contributed by atoms with Crippen LogP contribution in [0.4, 0.5) is 11.9 Å². The highest BCUT2D eigenvalue weighted by Gasteiger charge is 2.09. The Balaban J connectivity index is 2.00. The van der Waals surface area contributed by atoms with E-state index in [4.69, 9.17) is 16.0 Å². The van der Waals surface area contributed by atoms with Gasteiger partial charge in [-0.25, -0.2) is 0 Å². The minimum absolute atomic E-state index is 0.197. The summed E-state index contributed by atoms with van der Waals surface area (Å²) in [4.78, 5) is 14.6. The van der Waals surface area contributed by atoms with Crippen LogP contribution in [0.2, 0.25) is 5.28 Å². The number of halogens is 1. The highest BCUT2D eigenvalue weighted by molar-refractivity contribution is 6.28. The SMILES string of the molecule is CCN(CC)c1nc(Cl)nc(NCCc2ccco2)n1. The second-order valence-corrected chi connectivity index (χ2v) is 4.49. The van der Waals surface area contributed by atoms with E-state index in [1.807, 2.05) is 30.9 Å². The summed E-state index contributed by atoms with van der Waals surface area (Å²) < 4.78 is 5.26. The first-order valence-corrected chi connectivity index (χ1v) is 7.03. The zero-order valence-corrected chi connectivity index (χ0v) is 12.4. The van der Waals surface area contributed by atoms with Crippen molar-refractivity contribution in [2.75, 3.05) is 29.9 Å². The van der Waals surface area contributed by atoms with Crippen LogP contribution in [0.3, 0.4) is 0 Å². The number of aromatic nitrogens is 3. The molecular formula is C13H18ClN5O. The fourth-order valence-corrected chi connectivity index (χ4v) is 1.97. The molecule has 2 aromatic rings. The van der Waals surface area contributed by atoms with E-state index in [9.17, 15) is 0 Å². The maximum atomic E-state index is 5.94. The van der Waals surface area contributed by atoms with Crippen LogP contribution in [-0.2, 0) is 6.42 Å². The molecule has 0 saturated carbocycles. The van der Waals surface area contributed by atoms with Crippen LogP contribution in [0, 0.1) is 0 Å². The normalized spacial score (nSPS) is 10.6. The topological polar surface area (TPSA) is 67.1 Å². The second-order valence-electron chi connectivity index (χ2n) is 4.16. The number of nitrogens with one attached hydrogen (secondary N) is 1. The maximum Gasteiger partial charge on any atom is 0.231 e. The molecule has 1 N–H and O–H groups in total. The van der Waals surface area contributed by atoms with E-state index in [1.165, 1.54) is 0 Å². The lowest BCUT2D eigenvalue weighted by Gasteiger charge is -2.18. The van der Waals surface area contributed by atoms with Crippen molar-refractivity contribution in [3.8, 4) is 0 Å². The van der Waals surface area contributed by atoms with Crippen LogP contribution >= 0.6 is 11.6 Å². The molecule has 0 spiro atoms. The van der Waals surface area contributed by atoms with Gasteiger partial charge >= 0.3 is 0 Å². The van der Waals surface area contributed by atoms with Gasteiger partial charge in [0.2, 0.25) is 17.2 Å². The Bertz CT molecular complexity index is 528. The van der Waals surface area contributed by atoms with Gasteiger partial charge in [0.25, 0.3) is 0 Å². The van der Waals surface area contributed by atoms with Crippen molar-refractivity contribution in [2.45, 2.75) is 20.3 Å². The van der Waals surface area contributed by atoms with Gasteiger partial charge < -0.3 is 14.6 Å². The Kier molecular flexibility index (Phi) is 5.17. The first-order valence-electron chi connectivity index (χ1n) is 6.65. The zero-order valence-electron chi connectivity index (χ0n) is 11.6. The van der Waals surface area contributed by atoms with E-state index in [0.717, 1.165) is 25.3 Å². The number of nitrogens with zero attached hydrogens (tertiary/aromatic N) is 4. The second kappa shape index (κ2) is 7.09. The molecule has 0 unspecified atom stereocenters. The van der Waals surface area contributed by atoms with Gasteiger partial charge in [0, 0.05) is 26.1 Å². The molecular weight excluding hydrogens is 278 g/mol. The molecule has 0 radical (unpaired) electrons. The number of anilines is 2. The third-order valence-electron chi connectivity index (χ3n) is 2.88. The standard InChI is InChI=1S/C13H18ClN5O/c1-3-19(4-2)13-17-11(14)16-12(18-13)15-8-7-10-6-5-9-20-10/h5-6,9H,3-4,7-8H2,1-2H3,(H,15,16,17,18). The van der Waals surface area contributed by atoms with Gasteiger partial charge in [-0.15, -0.1) is 0 Å². The van der Waals surface area contributed by atoms with Gasteiger partial charge in [0.1, 0.15) is 5.76 Å². The number of rotatable bonds is 7. The smallest absolute Gasteiger partial charge is 0.231 e. The van der Waals surface area contributed by atoms with Crippen molar-refractivity contribution in [1.82, 2.24) is 15.0 Å². The quantitative estimate of drug-likeness (QED) is 0.847. The minimum Gasteiger partial charge on any atom is -0.469 e. The summed E-state index contributed by atoms with van der Waals surface area (Å²) in [6, 6.07) is 3.80. The highest BCUT2D eigenvalue weighted by atomic mass is 35.5. The number of hydrogen-bond donors (Lipinski definition) is 1. The zero-order chi connectivity index (χ0) is 14.4. The molecule has 0 fully saturated rings. The van der Waals surface area contributed by atoms with Crippen molar-refractivity contribution in [2.24, 2.45) is 0 Å². The van der Waals surface area contributed by atoms with Gasteiger partial charge in [-0.05, 0) is 37.6 Å². The molecule has 6 nitrogen and oxygen atoms in total. The van der Waals surface area contributed by atoms with Crippen molar-refractivity contribution in [1.29, 1.82) is 0 Å². The summed E-state index contributed by atoms with van der Waals surface area (Å²) in [7, 11) is 0. The highest BCUT2D eigenvalue weighted by Crippen LogP contribution is 2.13. The molecule has 0 aromatic carbocycles. The number of furan rings is 1. The third-order valence-corrected chi connectivity index (χ3v) is 3.05. The predicted octanol–water partition coefficient (Wildman–Crippen LogP) is 2.62. The fraction of sp³-hybridized carbons (Fsp3) is 0.462. The summed E-state index contributed by atoms with van der Waals surface area (Å²) in [6.45, 7) is 6.41. The van der Waals surface area contributed by atoms with E-state index < -0.39 is 0 Å². The fourth-order valence-electron chi connectivity index (χ4n) is 1.82. The van der Waals surface area contributed by atoms with Gasteiger partial charge in [0.05, 0.1) is 6.26 Å². The Morgan fingerprint density at radius 1 is 1.25 bits per heavy atom. The van der Waals surface area contributed by atoms with Gasteiger partial charge in [-0.1, -0.05) is 0 Å². The first kappa shape index (κ1) is 14.6. The molecule has 0 aliphatic rings. The Labute approximate surface area is 123 Å². The van der Waals surface area contributed by atoms with E-state index in [2.05, 4.69) is 20.3 Å². The average Bonchev–Trinajstić information content (AvgIpc) is 2.93. The van der Waals surface area contributed by atoms with Crippen LogP contribution in [0.1, 0.15) is 19.6 Å². The van der Waals surface area contributed by atoms with Crippen LogP contribution in [0.25, 0.3) is 0 Å². The van der Waals surface area contributed by atoms with Crippen LogP contribution in [0.15, 0.2) is 22.8 Å². The molecule has 0 bridgehead atoms. The summed E-state index contributed by atoms with van der Waals surface area (Å²) in [6.07, 6.45) is 2.42. The van der Waals surface area contributed by atoms with E-state index in [1.54, 1.807) is 6.26 Å². The van der Waals surface area contributed by atoms with Gasteiger partial charge in [-0.3, -0.25) is 0 Å². The van der Waals surface area contributed by atoms with Crippen molar-refractivity contribution < 1.29 is 4.42 Å². The largest absolute Gasteiger partial charge is 0.469 e. The van der Waals surface area contributed by atoms with Crippen molar-refractivity contribution in [3.05, 3.63) is 29.4 Å². The summed E-state index contributed by atoms with van der Waals surface area (Å²) >= 11 is 5.94. The summed E-state index contributed by atoms with van der Waals surface area (Å²) in [5.74, 6) is 2.00. The molecule has 2 heterocycles. The lowest BCUT2D eigenvalue weighted by Crippen LogP contribution is -2.25. The van der Waals surface area contributed by atoms with Crippen molar-refractivity contribution in [3.63, 3.8) is 0 Å². The Morgan fingerprint density at radius 2 is 2.05 bits per heavy atom. The number of hydrogen-bond acceptors (Lipinski definition) is 6. The first-order chi connectivity index (χ1) is 9.72. The molecule has 7 heteroatoms. The molecule has 20 heavy (non-hydrogen) atoms. The molecule has 2 rings (SSSR count). The molecule has 0 amide bonds. The van der Waals surface area contributed by atoms with E-state index >= 15 is 0 Å². The molecule has 0 aliphatic carbocycles. The van der Waals surface area contributed by atoms with Crippen LogP contribution in [0.5, 0.6) is 0 Å². The molecule has 0 saturated heterocycles. The predicted molar refractivity (Wildman–Crippen MR) is 79.3 cm³/mol. The molecule has 0 atom stereocenters. The summed E-state index contributed by atoms with van der Waals surface area (Å²) in [5, 5.41) is 3.33. The lowest BCUT2D eigenvalue weighted by molar-refractivity contribution is 0.512. The monoisotopic (exact) mass is 295 g/mol. The van der Waals surface area contributed by atoms with E-state index in [0.29, 0.717) is 18.4 Å². The maximum absolute atomic E-state index is 5.94. The minimum atomic E-state index is 0.197. The summed E-state index contributed by atoms with van der Waals surface area (Å²) in [5.41, 5.74) is 0. The van der Waals surface area contributed by atoms with Gasteiger partial charge in [0.15, 0.2) is 0 Å². The van der Waals surface area contributed by atoms with Crippen LogP contribution < -0.4 is 10.2 Å². The van der Waals surface area contributed by atoms with Gasteiger partial charge in [-0.2, -0.15) is 15.0 Å². The van der Waals surface area contributed by atoms with Crippen molar-refractivity contribution >= 4 is 23.5 Å². The molecule has 108 valence electrons. The molecule has 2 aromatic heterocycles. The van der Waals surface area contributed by atoms with Crippen LogP contribution in [-0.4, -0.2) is 34.6 Å². The molecule has 0 aliphatic heterocycles. The van der Waals surface area contributed by atoms with E-state index in [-0.39, 0.29) is 5.28 Å². The Hall–Kier alpha value is -1.82. The Morgan fingerprint density at radius 3 is 2.70 bits per heavy atom.